The highest BCUT2D eigenvalue weighted by Gasteiger charge is 2.57. The van der Waals surface area contributed by atoms with Gasteiger partial charge in [0, 0.05) is 22.6 Å². The van der Waals surface area contributed by atoms with Crippen molar-refractivity contribution in [2.75, 3.05) is 12.3 Å². The molecule has 0 spiro atoms. The van der Waals surface area contributed by atoms with Crippen LogP contribution < -0.4 is 5.73 Å². The summed E-state index contributed by atoms with van der Waals surface area (Å²) >= 11 is 0. The number of carbonyl (C=O) groups is 1. The summed E-state index contributed by atoms with van der Waals surface area (Å²) in [7, 11) is 0. The Labute approximate surface area is 130 Å². The zero-order valence-corrected chi connectivity index (χ0v) is 13.1. The second-order valence-corrected chi connectivity index (χ2v) is 7.47. The van der Waals surface area contributed by atoms with Crippen LogP contribution in [-0.4, -0.2) is 17.3 Å². The number of fused-ring (bicyclic) bond motifs is 3. The second kappa shape index (κ2) is 4.80. The molecule has 5 heteroatoms. The van der Waals surface area contributed by atoms with Crippen molar-refractivity contribution in [3.63, 3.8) is 0 Å². The van der Waals surface area contributed by atoms with Crippen molar-refractivity contribution in [1.82, 2.24) is 0 Å². The number of benzene rings is 1. The van der Waals surface area contributed by atoms with Gasteiger partial charge in [-0.3, -0.25) is 14.9 Å². The number of nitrogens with zero attached hydrogens (tertiary/aromatic N) is 1. The second-order valence-electron chi connectivity index (χ2n) is 7.47. The topological polar surface area (TPSA) is 86.2 Å². The summed E-state index contributed by atoms with van der Waals surface area (Å²) in [5, 5.41) is 11.4. The number of nitrogen functional groups attached to an aromatic ring is 1. The number of nitrogens with two attached hydrogens (primary N) is 1. The Balaban J connectivity index is 2.23. The van der Waals surface area contributed by atoms with Crippen molar-refractivity contribution in [3.8, 4) is 0 Å². The van der Waals surface area contributed by atoms with Crippen LogP contribution in [0.3, 0.4) is 0 Å². The van der Waals surface area contributed by atoms with Crippen LogP contribution in [0, 0.1) is 21.4 Å². The molecule has 1 fully saturated rings. The van der Waals surface area contributed by atoms with Gasteiger partial charge in [-0.2, -0.15) is 0 Å². The van der Waals surface area contributed by atoms with E-state index in [2.05, 4.69) is 13.8 Å². The summed E-state index contributed by atoms with van der Waals surface area (Å²) in [6.45, 7) is 4.17. The van der Waals surface area contributed by atoms with Crippen molar-refractivity contribution in [3.05, 3.63) is 39.4 Å². The minimum absolute atomic E-state index is 0.0165. The van der Waals surface area contributed by atoms with E-state index in [1.807, 2.05) is 6.07 Å². The van der Waals surface area contributed by atoms with Crippen LogP contribution in [0.1, 0.15) is 55.5 Å². The van der Waals surface area contributed by atoms with Gasteiger partial charge in [0.15, 0.2) is 5.78 Å². The minimum atomic E-state index is -0.539. The fraction of sp³-hybridized carbons (Fsp3) is 0.588. The van der Waals surface area contributed by atoms with E-state index < -0.39 is 5.41 Å². The lowest BCUT2D eigenvalue weighted by molar-refractivity contribution is -0.495. The minimum Gasteiger partial charge on any atom is -0.399 e. The van der Waals surface area contributed by atoms with E-state index in [0.717, 1.165) is 24.8 Å². The van der Waals surface area contributed by atoms with Crippen LogP contribution in [0.25, 0.3) is 0 Å². The molecular weight excluding hydrogens is 280 g/mol. The highest BCUT2D eigenvalue weighted by Crippen LogP contribution is 2.57. The van der Waals surface area contributed by atoms with Crippen LogP contribution in [0.2, 0.25) is 0 Å². The quantitative estimate of drug-likeness (QED) is 0.516. The Morgan fingerprint density at radius 2 is 2.09 bits per heavy atom. The molecule has 0 aromatic heterocycles. The third-order valence-corrected chi connectivity index (χ3v) is 5.74. The van der Waals surface area contributed by atoms with Gasteiger partial charge in [0.2, 0.25) is 6.54 Å². The summed E-state index contributed by atoms with van der Waals surface area (Å²) < 4.78 is 0. The van der Waals surface area contributed by atoms with Crippen molar-refractivity contribution in [2.45, 2.75) is 44.9 Å². The van der Waals surface area contributed by atoms with E-state index in [9.17, 15) is 14.9 Å². The Bertz CT molecular complexity index is 653. The van der Waals surface area contributed by atoms with Gasteiger partial charge in [-0.1, -0.05) is 26.3 Å². The van der Waals surface area contributed by atoms with E-state index in [0.29, 0.717) is 17.7 Å². The van der Waals surface area contributed by atoms with E-state index in [-0.39, 0.29) is 28.6 Å². The number of anilines is 1. The maximum atomic E-state index is 12.6. The molecule has 0 aliphatic heterocycles. The summed E-state index contributed by atoms with van der Waals surface area (Å²) in [4.78, 5) is 23.7. The van der Waals surface area contributed by atoms with E-state index in [1.165, 1.54) is 0 Å². The molecule has 0 bridgehead atoms. The van der Waals surface area contributed by atoms with E-state index >= 15 is 0 Å². The molecule has 0 saturated heterocycles. The van der Waals surface area contributed by atoms with Crippen LogP contribution in [0.15, 0.2) is 18.2 Å². The molecule has 1 saturated carbocycles. The Hall–Kier alpha value is -1.91. The predicted molar refractivity (Wildman–Crippen MR) is 84.5 cm³/mol. The van der Waals surface area contributed by atoms with Gasteiger partial charge < -0.3 is 5.73 Å². The first-order valence-electron chi connectivity index (χ1n) is 7.81. The average molecular weight is 302 g/mol. The molecule has 0 unspecified atom stereocenters. The number of hydrogen-bond donors (Lipinski definition) is 1. The molecular formula is C17H22N2O3. The summed E-state index contributed by atoms with van der Waals surface area (Å²) in [5.74, 6) is 0.0871. The lowest BCUT2D eigenvalue weighted by Crippen LogP contribution is -2.54. The third kappa shape index (κ3) is 2.11. The fourth-order valence-electron chi connectivity index (χ4n) is 4.78. The monoisotopic (exact) mass is 302 g/mol. The zero-order chi connectivity index (χ0) is 16.1. The molecule has 5 nitrogen and oxygen atoms in total. The largest absolute Gasteiger partial charge is 0.399 e. The fourth-order valence-corrected chi connectivity index (χ4v) is 4.78. The van der Waals surface area contributed by atoms with Crippen LogP contribution >= 0.6 is 0 Å². The molecule has 1 aromatic carbocycles. The molecule has 118 valence electrons. The van der Waals surface area contributed by atoms with Gasteiger partial charge in [0.05, 0.1) is 5.41 Å². The number of hydrogen-bond acceptors (Lipinski definition) is 4. The molecule has 2 aliphatic carbocycles. The summed E-state index contributed by atoms with van der Waals surface area (Å²) in [6.07, 6.45) is 3.12. The average Bonchev–Trinajstić information content (AvgIpc) is 2.40. The lowest BCUT2D eigenvalue weighted by atomic mass is 9.49. The maximum absolute atomic E-state index is 12.6. The molecule has 3 rings (SSSR count). The summed E-state index contributed by atoms with van der Waals surface area (Å²) in [5.41, 5.74) is 7.19. The van der Waals surface area contributed by atoms with Crippen LogP contribution in [0.4, 0.5) is 5.69 Å². The normalized spacial score (nSPS) is 29.5. The predicted octanol–water partition coefficient (Wildman–Crippen LogP) is 3.20. The lowest BCUT2D eigenvalue weighted by Gasteiger charge is -2.53. The number of ketones is 1. The first-order valence-corrected chi connectivity index (χ1v) is 7.81. The zero-order valence-electron chi connectivity index (χ0n) is 13.1. The molecule has 22 heavy (non-hydrogen) atoms. The molecule has 0 radical (unpaired) electrons. The first-order chi connectivity index (χ1) is 10.3. The summed E-state index contributed by atoms with van der Waals surface area (Å²) in [6, 6.07) is 5.30. The Morgan fingerprint density at radius 3 is 2.77 bits per heavy atom. The molecule has 2 atom stereocenters. The van der Waals surface area contributed by atoms with Gasteiger partial charge in [-0.05, 0) is 41.9 Å². The van der Waals surface area contributed by atoms with Gasteiger partial charge in [0.25, 0.3) is 0 Å². The third-order valence-electron chi connectivity index (χ3n) is 5.74. The number of nitro groups is 1. The van der Waals surface area contributed by atoms with Crippen molar-refractivity contribution in [1.29, 1.82) is 0 Å². The van der Waals surface area contributed by atoms with E-state index in [1.54, 1.807) is 12.1 Å². The maximum Gasteiger partial charge on any atom is 0.213 e. The Kier molecular flexibility index (Phi) is 3.27. The molecule has 2 aliphatic rings. The molecule has 0 amide bonds. The van der Waals surface area contributed by atoms with Gasteiger partial charge >= 0.3 is 0 Å². The van der Waals surface area contributed by atoms with Gasteiger partial charge in [-0.25, -0.2) is 0 Å². The highest BCUT2D eigenvalue weighted by atomic mass is 16.6. The van der Waals surface area contributed by atoms with Gasteiger partial charge in [0.1, 0.15) is 0 Å². The van der Waals surface area contributed by atoms with Crippen molar-refractivity contribution >= 4 is 11.5 Å². The smallest absolute Gasteiger partial charge is 0.213 e. The number of rotatable bonds is 2. The molecule has 2 N–H and O–H groups in total. The van der Waals surface area contributed by atoms with Crippen molar-refractivity contribution in [2.24, 2.45) is 11.3 Å². The number of carbonyl (C=O) groups excluding carboxylic acids is 1. The van der Waals surface area contributed by atoms with Gasteiger partial charge in [-0.15, -0.1) is 0 Å². The van der Waals surface area contributed by atoms with Crippen LogP contribution in [-0.2, 0) is 5.41 Å². The number of Topliss-reactive ketones (excluding diaryl/α,β-unsaturated/α-hetero) is 1. The SMILES string of the molecule is CC1(C)CCC[C@]2(C[N+](=O)[O-])c3ccc(N)cc3C(=O)C[C@@H]12. The Morgan fingerprint density at radius 1 is 1.36 bits per heavy atom. The first kappa shape index (κ1) is 15.0. The van der Waals surface area contributed by atoms with E-state index in [4.69, 9.17) is 5.73 Å². The molecule has 1 aromatic rings. The van der Waals surface area contributed by atoms with Crippen molar-refractivity contribution < 1.29 is 9.72 Å². The van der Waals surface area contributed by atoms with Crippen LogP contribution in [0.5, 0.6) is 0 Å². The molecule has 0 heterocycles. The highest BCUT2D eigenvalue weighted by molar-refractivity contribution is 6.00. The standard InChI is InChI=1S/C17H22N2O3/c1-16(2)6-3-7-17(10-19(21)22)13-5-4-11(18)8-12(13)14(20)9-15(16)17/h4-5,8,15H,3,6-7,9-10,18H2,1-2H3/t15-,17-/m0/s1.